The van der Waals surface area contributed by atoms with E-state index in [2.05, 4.69) is 24.7 Å². The van der Waals surface area contributed by atoms with Gasteiger partial charge in [-0.1, -0.05) is 35.9 Å². The summed E-state index contributed by atoms with van der Waals surface area (Å²) in [5.74, 6) is -0.0573. The third-order valence-electron chi connectivity index (χ3n) is 6.84. The Bertz CT molecular complexity index is 1240. The van der Waals surface area contributed by atoms with Gasteiger partial charge in [-0.3, -0.25) is 0 Å². The predicted octanol–water partition coefficient (Wildman–Crippen LogP) is 6.47. The summed E-state index contributed by atoms with van der Waals surface area (Å²) in [5, 5.41) is 0. The number of esters is 3. The van der Waals surface area contributed by atoms with Crippen LogP contribution in [0.25, 0.3) is 0 Å². The average molecular weight is 535 g/mol. The van der Waals surface area contributed by atoms with Crippen molar-refractivity contribution < 1.29 is 33.3 Å². The third-order valence-corrected chi connectivity index (χ3v) is 6.84. The molecule has 3 rings (SSSR count). The zero-order chi connectivity index (χ0) is 28.4. The van der Waals surface area contributed by atoms with E-state index < -0.39 is 11.9 Å². The molecule has 1 atom stereocenters. The standard InChI is InChI=1S/C32H38O7/c1-22(11-9-13-23(2)30(34)37-21-28(33)36-5)12-10-17-32(4)18-16-26-20-27(19-24(3)29(26)39-32)38-31(35)25-14-7-6-8-15-25/h6-8,12-15,19-20H,9-11,16-18,21H2,1-5H3/b22-12+,23-13+/t32-/m1/s1. The van der Waals surface area contributed by atoms with Crippen molar-refractivity contribution in [1.29, 1.82) is 0 Å². The first-order valence-electron chi connectivity index (χ1n) is 13.3. The lowest BCUT2D eigenvalue weighted by atomic mass is 9.87. The molecule has 7 heteroatoms. The zero-order valence-corrected chi connectivity index (χ0v) is 23.5. The summed E-state index contributed by atoms with van der Waals surface area (Å²) in [4.78, 5) is 35.5. The van der Waals surface area contributed by atoms with Gasteiger partial charge in [-0.15, -0.1) is 0 Å². The highest BCUT2D eigenvalue weighted by molar-refractivity contribution is 5.91. The number of fused-ring (bicyclic) bond motifs is 1. The Balaban J connectivity index is 1.50. The fourth-order valence-electron chi connectivity index (χ4n) is 4.44. The van der Waals surface area contributed by atoms with E-state index in [0.29, 0.717) is 23.3 Å². The van der Waals surface area contributed by atoms with Crippen LogP contribution in [0.15, 0.2) is 65.8 Å². The predicted molar refractivity (Wildman–Crippen MR) is 149 cm³/mol. The Morgan fingerprint density at radius 2 is 1.79 bits per heavy atom. The summed E-state index contributed by atoms with van der Waals surface area (Å²) in [7, 11) is 1.25. The molecular formula is C32H38O7. The van der Waals surface area contributed by atoms with Gasteiger partial charge < -0.3 is 18.9 Å². The molecule has 39 heavy (non-hydrogen) atoms. The van der Waals surface area contributed by atoms with Gasteiger partial charge in [0.15, 0.2) is 6.61 Å². The molecule has 1 heterocycles. The lowest BCUT2D eigenvalue weighted by Crippen LogP contribution is -2.36. The van der Waals surface area contributed by atoms with E-state index in [1.807, 2.05) is 43.3 Å². The highest BCUT2D eigenvalue weighted by Gasteiger charge is 2.32. The molecule has 0 saturated carbocycles. The quantitative estimate of drug-likeness (QED) is 0.141. The lowest BCUT2D eigenvalue weighted by molar-refractivity contribution is -0.154. The molecule has 1 aliphatic heterocycles. The van der Waals surface area contributed by atoms with Gasteiger partial charge >= 0.3 is 17.9 Å². The van der Waals surface area contributed by atoms with E-state index in [1.54, 1.807) is 19.1 Å². The zero-order valence-electron chi connectivity index (χ0n) is 23.5. The minimum atomic E-state index is -0.585. The summed E-state index contributed by atoms with van der Waals surface area (Å²) in [6, 6.07) is 12.7. The smallest absolute Gasteiger partial charge is 0.344 e. The van der Waals surface area contributed by atoms with Gasteiger partial charge in [-0.05, 0) is 102 Å². The van der Waals surface area contributed by atoms with E-state index >= 15 is 0 Å². The number of hydrogen-bond donors (Lipinski definition) is 0. The van der Waals surface area contributed by atoms with Crippen LogP contribution >= 0.6 is 0 Å². The molecule has 0 aromatic heterocycles. The van der Waals surface area contributed by atoms with E-state index in [4.69, 9.17) is 14.2 Å². The van der Waals surface area contributed by atoms with Crippen molar-refractivity contribution >= 4 is 17.9 Å². The van der Waals surface area contributed by atoms with Crippen LogP contribution in [-0.4, -0.2) is 37.2 Å². The number of benzene rings is 2. The van der Waals surface area contributed by atoms with Crippen LogP contribution in [0.5, 0.6) is 11.5 Å². The molecule has 7 nitrogen and oxygen atoms in total. The normalized spacial score (nSPS) is 17.1. The molecule has 1 aliphatic rings. The van der Waals surface area contributed by atoms with Crippen molar-refractivity contribution in [2.24, 2.45) is 0 Å². The minimum Gasteiger partial charge on any atom is -0.487 e. The molecular weight excluding hydrogens is 496 g/mol. The number of rotatable bonds is 11. The Hall–Kier alpha value is -3.87. The van der Waals surface area contributed by atoms with E-state index in [9.17, 15) is 14.4 Å². The largest absolute Gasteiger partial charge is 0.487 e. The van der Waals surface area contributed by atoms with Crippen molar-refractivity contribution in [3.63, 3.8) is 0 Å². The molecule has 0 aliphatic carbocycles. The lowest BCUT2D eigenvalue weighted by Gasteiger charge is -2.37. The maximum atomic E-state index is 12.5. The second-order valence-corrected chi connectivity index (χ2v) is 10.2. The summed E-state index contributed by atoms with van der Waals surface area (Å²) in [6.07, 6.45) is 9.07. The fraction of sp³-hybridized carbons (Fsp3) is 0.406. The van der Waals surface area contributed by atoms with Crippen LogP contribution in [0.2, 0.25) is 0 Å². The van der Waals surface area contributed by atoms with E-state index in [0.717, 1.165) is 49.0 Å². The number of ether oxygens (including phenoxy) is 4. The Kier molecular flexibility index (Phi) is 10.5. The first-order valence-corrected chi connectivity index (χ1v) is 13.3. The van der Waals surface area contributed by atoms with Crippen LogP contribution in [-0.2, 0) is 25.5 Å². The molecule has 208 valence electrons. The molecule has 0 unspecified atom stereocenters. The van der Waals surface area contributed by atoms with Crippen LogP contribution in [0.4, 0.5) is 0 Å². The average Bonchev–Trinajstić information content (AvgIpc) is 2.92. The topological polar surface area (TPSA) is 88.1 Å². The van der Waals surface area contributed by atoms with Crippen LogP contribution in [0.1, 0.15) is 74.4 Å². The summed E-state index contributed by atoms with van der Waals surface area (Å²) < 4.78 is 21.5. The van der Waals surface area contributed by atoms with Crippen molar-refractivity contribution in [2.45, 2.75) is 71.8 Å². The molecule has 0 radical (unpaired) electrons. The molecule has 0 N–H and O–H groups in total. The van der Waals surface area contributed by atoms with Crippen LogP contribution in [0.3, 0.4) is 0 Å². The minimum absolute atomic E-state index is 0.281. The molecule has 2 aromatic rings. The SMILES string of the molecule is COC(=O)COC(=O)/C(C)=C/CC/C(C)=C/CC[C@]1(C)CCc2cc(OC(=O)c3ccccc3)cc(C)c2O1. The monoisotopic (exact) mass is 534 g/mol. The number of aryl methyl sites for hydroxylation is 2. The Morgan fingerprint density at radius 1 is 1.05 bits per heavy atom. The van der Waals surface area contributed by atoms with Crippen LogP contribution < -0.4 is 9.47 Å². The maximum absolute atomic E-state index is 12.5. The second kappa shape index (κ2) is 13.8. The molecule has 0 spiro atoms. The Labute approximate surface area is 230 Å². The van der Waals surface area contributed by atoms with Crippen molar-refractivity contribution in [2.75, 3.05) is 13.7 Å². The number of allylic oxidation sites excluding steroid dienone is 3. The maximum Gasteiger partial charge on any atom is 0.344 e. The molecule has 0 saturated heterocycles. The van der Waals surface area contributed by atoms with Gasteiger partial charge in [-0.25, -0.2) is 14.4 Å². The molecule has 2 aromatic carbocycles. The molecule has 0 amide bonds. The van der Waals surface area contributed by atoms with Gasteiger partial charge in [0.25, 0.3) is 0 Å². The first-order chi connectivity index (χ1) is 18.6. The van der Waals surface area contributed by atoms with Gasteiger partial charge in [0.1, 0.15) is 17.1 Å². The van der Waals surface area contributed by atoms with Crippen molar-refractivity contribution in [1.82, 2.24) is 0 Å². The highest BCUT2D eigenvalue weighted by Crippen LogP contribution is 2.40. The van der Waals surface area contributed by atoms with Gasteiger partial charge in [0.2, 0.25) is 0 Å². The fourth-order valence-corrected chi connectivity index (χ4v) is 4.44. The van der Waals surface area contributed by atoms with Crippen molar-refractivity contribution in [3.8, 4) is 11.5 Å². The number of carbonyl (C=O) groups excluding carboxylic acids is 3. The van der Waals surface area contributed by atoms with Gasteiger partial charge in [0, 0.05) is 5.57 Å². The van der Waals surface area contributed by atoms with E-state index in [-0.39, 0.29) is 18.2 Å². The first kappa shape index (κ1) is 29.7. The summed E-state index contributed by atoms with van der Waals surface area (Å²) >= 11 is 0. The third kappa shape index (κ3) is 8.84. The number of methoxy groups -OCH3 is 1. The van der Waals surface area contributed by atoms with Crippen LogP contribution in [0, 0.1) is 6.92 Å². The van der Waals surface area contributed by atoms with Gasteiger partial charge in [-0.2, -0.15) is 0 Å². The van der Waals surface area contributed by atoms with E-state index in [1.165, 1.54) is 12.7 Å². The van der Waals surface area contributed by atoms with Gasteiger partial charge in [0.05, 0.1) is 12.7 Å². The van der Waals surface area contributed by atoms with Crippen molar-refractivity contribution in [3.05, 3.63) is 82.5 Å². The number of hydrogen-bond acceptors (Lipinski definition) is 7. The Morgan fingerprint density at radius 3 is 2.51 bits per heavy atom. The summed E-state index contributed by atoms with van der Waals surface area (Å²) in [6.45, 7) is 7.51. The number of carbonyl (C=O) groups is 3. The highest BCUT2D eigenvalue weighted by atomic mass is 16.6. The molecule has 0 bridgehead atoms. The summed E-state index contributed by atoms with van der Waals surface area (Å²) in [5.41, 5.74) is 3.96. The second-order valence-electron chi connectivity index (χ2n) is 10.2. The molecule has 0 fully saturated rings.